The van der Waals surface area contributed by atoms with Gasteiger partial charge >= 0.3 is 11.9 Å². The maximum atomic E-state index is 10.4. The molecule has 0 atom stereocenters. The topological polar surface area (TPSA) is 80.7 Å². The molecule has 0 saturated carbocycles. The number of esters is 1. The predicted octanol–water partition coefficient (Wildman–Crippen LogP) is -0.407. The zero-order valence-electron chi connectivity index (χ0n) is 5.78. The smallest absolute Gasteiger partial charge is 0.317 e. The van der Waals surface area contributed by atoms with E-state index in [4.69, 9.17) is 5.11 Å². The van der Waals surface area contributed by atoms with E-state index in [1.165, 1.54) is 0 Å². The van der Waals surface area contributed by atoms with Crippen LogP contribution in [0.1, 0.15) is 12.8 Å². The second kappa shape index (κ2) is 5.40. The largest absolute Gasteiger partial charge is 0.481 e. The van der Waals surface area contributed by atoms with Crippen molar-refractivity contribution in [2.45, 2.75) is 12.8 Å². The Morgan fingerprint density at radius 1 is 1.45 bits per heavy atom. The summed E-state index contributed by atoms with van der Waals surface area (Å²) in [4.78, 5) is 30.0. The molecule has 0 spiro atoms. The molecule has 5 heteroatoms. The van der Waals surface area contributed by atoms with E-state index in [1.54, 1.807) is 0 Å². The molecule has 11 heavy (non-hydrogen) atoms. The van der Waals surface area contributed by atoms with Crippen LogP contribution in [0.5, 0.6) is 0 Å². The van der Waals surface area contributed by atoms with Crippen LogP contribution < -0.4 is 0 Å². The van der Waals surface area contributed by atoms with Gasteiger partial charge in [-0.05, 0) is 0 Å². The van der Waals surface area contributed by atoms with Gasteiger partial charge in [0.05, 0.1) is 6.61 Å². The molecule has 0 aliphatic heterocycles. The molecule has 0 amide bonds. The van der Waals surface area contributed by atoms with Crippen molar-refractivity contribution in [1.29, 1.82) is 0 Å². The second-order valence-electron chi connectivity index (χ2n) is 1.75. The minimum absolute atomic E-state index is 0.0460. The lowest BCUT2D eigenvalue weighted by molar-refractivity contribution is -0.151. The maximum absolute atomic E-state index is 10.4. The first-order chi connectivity index (χ1) is 5.16. The lowest BCUT2D eigenvalue weighted by Crippen LogP contribution is -2.11. The van der Waals surface area contributed by atoms with Crippen LogP contribution in [-0.2, 0) is 19.1 Å². The molecule has 1 N–H and O–H groups in total. The van der Waals surface area contributed by atoms with Gasteiger partial charge in [0, 0.05) is 6.42 Å². The molecule has 0 aromatic heterocycles. The van der Waals surface area contributed by atoms with E-state index in [0.29, 0.717) is 6.29 Å². The molecule has 0 aromatic rings. The van der Waals surface area contributed by atoms with Crippen molar-refractivity contribution >= 4 is 18.2 Å². The van der Waals surface area contributed by atoms with Crippen molar-refractivity contribution in [3.63, 3.8) is 0 Å². The highest BCUT2D eigenvalue weighted by Gasteiger charge is 2.07. The third kappa shape index (κ3) is 6.50. The maximum Gasteiger partial charge on any atom is 0.317 e. The first-order valence-electron chi connectivity index (χ1n) is 2.98. The van der Waals surface area contributed by atoms with Crippen molar-refractivity contribution in [2.24, 2.45) is 0 Å². The molecular weight excluding hydrogens is 152 g/mol. The number of carboxylic acids is 1. The molecule has 62 valence electrons. The Hall–Kier alpha value is -1.39. The number of hydrogen-bond acceptors (Lipinski definition) is 4. The number of carbonyl (C=O) groups is 3. The zero-order chi connectivity index (χ0) is 8.69. The average molecular weight is 160 g/mol. The molecule has 0 heterocycles. The highest BCUT2D eigenvalue weighted by atomic mass is 16.5. The molecule has 0 bridgehead atoms. The van der Waals surface area contributed by atoms with Gasteiger partial charge in [-0.15, -0.1) is 0 Å². The standard InChI is InChI=1S/C6H8O5/c7-2-1-3-11-6(10)4-5(8)9/h2H,1,3-4H2,(H,8,9). The van der Waals surface area contributed by atoms with Gasteiger partial charge in [0.15, 0.2) is 0 Å². The Kier molecular flexibility index (Phi) is 4.72. The van der Waals surface area contributed by atoms with Gasteiger partial charge in [-0.3, -0.25) is 9.59 Å². The monoisotopic (exact) mass is 160 g/mol. The fourth-order valence-corrected chi connectivity index (χ4v) is 0.395. The summed E-state index contributed by atoms with van der Waals surface area (Å²) in [5.41, 5.74) is 0. The number of ether oxygens (including phenoxy) is 1. The second-order valence-corrected chi connectivity index (χ2v) is 1.75. The van der Waals surface area contributed by atoms with Crippen molar-refractivity contribution in [3.8, 4) is 0 Å². The Balaban J connectivity index is 3.37. The van der Waals surface area contributed by atoms with Crippen LogP contribution in [0, 0.1) is 0 Å². The van der Waals surface area contributed by atoms with Crippen LogP contribution in [0.15, 0.2) is 0 Å². The minimum atomic E-state index is -1.24. The van der Waals surface area contributed by atoms with E-state index in [9.17, 15) is 14.4 Å². The summed E-state index contributed by atoms with van der Waals surface area (Å²) < 4.78 is 4.34. The molecule has 0 aromatic carbocycles. The van der Waals surface area contributed by atoms with Crippen molar-refractivity contribution in [3.05, 3.63) is 0 Å². The fraction of sp³-hybridized carbons (Fsp3) is 0.500. The van der Waals surface area contributed by atoms with Gasteiger partial charge in [0.1, 0.15) is 12.7 Å². The minimum Gasteiger partial charge on any atom is -0.481 e. The van der Waals surface area contributed by atoms with Gasteiger partial charge in [-0.2, -0.15) is 0 Å². The number of carboxylic acid groups (broad SMARTS) is 1. The molecule has 5 nitrogen and oxygen atoms in total. The van der Waals surface area contributed by atoms with E-state index < -0.39 is 18.4 Å². The summed E-state index contributed by atoms with van der Waals surface area (Å²) in [6.45, 7) is -0.0460. The van der Waals surface area contributed by atoms with E-state index in [2.05, 4.69) is 4.74 Å². The number of rotatable bonds is 5. The summed E-state index contributed by atoms with van der Waals surface area (Å²) >= 11 is 0. The lowest BCUT2D eigenvalue weighted by atomic mass is 10.4. The van der Waals surface area contributed by atoms with E-state index >= 15 is 0 Å². The lowest BCUT2D eigenvalue weighted by Gasteiger charge is -1.97. The van der Waals surface area contributed by atoms with Gasteiger partial charge < -0.3 is 14.6 Å². The highest BCUT2D eigenvalue weighted by molar-refractivity contribution is 5.90. The quantitative estimate of drug-likeness (QED) is 0.256. The van der Waals surface area contributed by atoms with Gasteiger partial charge in [-0.1, -0.05) is 0 Å². The highest BCUT2D eigenvalue weighted by Crippen LogP contribution is 1.87. The molecule has 0 aliphatic carbocycles. The molecule has 0 rings (SSSR count). The van der Waals surface area contributed by atoms with Gasteiger partial charge in [0.2, 0.25) is 0 Å². The number of carbonyl (C=O) groups excluding carboxylic acids is 2. The molecule has 0 radical (unpaired) electrons. The van der Waals surface area contributed by atoms with E-state index in [0.717, 1.165) is 0 Å². The molecule has 0 saturated heterocycles. The van der Waals surface area contributed by atoms with E-state index in [1.807, 2.05) is 0 Å². The third-order valence-corrected chi connectivity index (χ3v) is 0.794. The molecule has 0 aliphatic rings. The van der Waals surface area contributed by atoms with Crippen molar-refractivity contribution < 1.29 is 24.2 Å². The SMILES string of the molecule is O=CCCOC(=O)CC(=O)O. The number of aliphatic carboxylic acids is 1. The first-order valence-corrected chi connectivity index (χ1v) is 2.98. The van der Waals surface area contributed by atoms with Crippen molar-refractivity contribution in [2.75, 3.05) is 6.61 Å². The molecule has 0 fully saturated rings. The summed E-state index contributed by atoms with van der Waals surface area (Å²) in [6, 6.07) is 0. The Labute approximate surface area is 63.0 Å². The van der Waals surface area contributed by atoms with Gasteiger partial charge in [-0.25, -0.2) is 0 Å². The average Bonchev–Trinajstić information content (AvgIpc) is 1.86. The third-order valence-electron chi connectivity index (χ3n) is 0.794. The van der Waals surface area contributed by atoms with E-state index in [-0.39, 0.29) is 13.0 Å². The molecule has 0 unspecified atom stereocenters. The van der Waals surface area contributed by atoms with Gasteiger partial charge in [0.25, 0.3) is 0 Å². The van der Waals surface area contributed by atoms with Crippen LogP contribution in [0.4, 0.5) is 0 Å². The van der Waals surface area contributed by atoms with Crippen LogP contribution >= 0.6 is 0 Å². The van der Waals surface area contributed by atoms with Crippen molar-refractivity contribution in [1.82, 2.24) is 0 Å². The van der Waals surface area contributed by atoms with Crippen LogP contribution in [0.2, 0.25) is 0 Å². The van der Waals surface area contributed by atoms with Crippen LogP contribution in [0.25, 0.3) is 0 Å². The molecular formula is C6H8O5. The Bertz CT molecular complexity index is 162. The normalized spacial score (nSPS) is 8.73. The van der Waals surface area contributed by atoms with Crippen LogP contribution in [-0.4, -0.2) is 29.9 Å². The predicted molar refractivity (Wildman–Crippen MR) is 33.9 cm³/mol. The summed E-state index contributed by atoms with van der Waals surface area (Å²) in [5, 5.41) is 8.07. The summed E-state index contributed by atoms with van der Waals surface area (Å²) in [7, 11) is 0. The Morgan fingerprint density at radius 3 is 2.55 bits per heavy atom. The zero-order valence-corrected chi connectivity index (χ0v) is 5.78. The van der Waals surface area contributed by atoms with Crippen LogP contribution in [0.3, 0.4) is 0 Å². The number of hydrogen-bond donors (Lipinski definition) is 1. The fourth-order valence-electron chi connectivity index (χ4n) is 0.395. The Morgan fingerprint density at radius 2 is 2.09 bits per heavy atom. The summed E-state index contributed by atoms with van der Waals surface area (Å²) in [6.07, 6.45) is 0.0399. The summed E-state index contributed by atoms with van der Waals surface area (Å²) in [5.74, 6) is -2.06. The number of aldehydes is 1. The first kappa shape index (κ1) is 9.61.